The second-order valence-electron chi connectivity index (χ2n) is 3.54. The maximum Gasteiger partial charge on any atom is 0.138 e. The minimum atomic E-state index is 0.626. The Hall–Kier alpha value is -0.860. The Kier molecular flexibility index (Phi) is 2.11. The Bertz CT molecular complexity index is 248. The highest BCUT2D eigenvalue weighted by atomic mass is 15.3. The van der Waals surface area contributed by atoms with E-state index in [-0.39, 0.29) is 0 Å². The van der Waals surface area contributed by atoms with Crippen molar-refractivity contribution in [3.8, 4) is 0 Å². The first-order chi connectivity index (χ1) is 5.88. The SMILES string of the molecule is Cc1ncnn1C1CCCCC1. The van der Waals surface area contributed by atoms with E-state index in [9.17, 15) is 0 Å². The molecule has 0 unspecified atom stereocenters. The number of hydrogen-bond donors (Lipinski definition) is 0. The molecule has 66 valence electrons. The van der Waals surface area contributed by atoms with E-state index in [1.54, 1.807) is 6.33 Å². The van der Waals surface area contributed by atoms with Gasteiger partial charge in [0, 0.05) is 0 Å². The summed E-state index contributed by atoms with van der Waals surface area (Å²) < 4.78 is 2.08. The van der Waals surface area contributed by atoms with Crippen molar-refractivity contribution in [3.63, 3.8) is 0 Å². The van der Waals surface area contributed by atoms with Gasteiger partial charge in [0.15, 0.2) is 0 Å². The zero-order chi connectivity index (χ0) is 8.39. The van der Waals surface area contributed by atoms with E-state index in [4.69, 9.17) is 0 Å². The van der Waals surface area contributed by atoms with Crippen molar-refractivity contribution >= 4 is 0 Å². The molecule has 0 bridgehead atoms. The molecule has 1 aliphatic carbocycles. The lowest BCUT2D eigenvalue weighted by Crippen LogP contribution is -2.15. The van der Waals surface area contributed by atoms with Gasteiger partial charge in [0.1, 0.15) is 12.2 Å². The van der Waals surface area contributed by atoms with Crippen LogP contribution in [0.3, 0.4) is 0 Å². The van der Waals surface area contributed by atoms with E-state index in [2.05, 4.69) is 14.8 Å². The number of rotatable bonds is 1. The first-order valence-electron chi connectivity index (χ1n) is 4.74. The Morgan fingerprint density at radius 3 is 2.67 bits per heavy atom. The van der Waals surface area contributed by atoms with E-state index in [1.807, 2.05) is 6.92 Å². The van der Waals surface area contributed by atoms with Crippen molar-refractivity contribution in [3.05, 3.63) is 12.2 Å². The van der Waals surface area contributed by atoms with Crippen molar-refractivity contribution in [2.24, 2.45) is 0 Å². The van der Waals surface area contributed by atoms with Crippen LogP contribution in [0.4, 0.5) is 0 Å². The first kappa shape index (κ1) is 7.77. The van der Waals surface area contributed by atoms with Crippen LogP contribution < -0.4 is 0 Å². The van der Waals surface area contributed by atoms with Gasteiger partial charge in [-0.05, 0) is 19.8 Å². The number of aromatic nitrogens is 3. The lowest BCUT2D eigenvalue weighted by atomic mass is 9.96. The van der Waals surface area contributed by atoms with Crippen molar-refractivity contribution in [1.82, 2.24) is 14.8 Å². The van der Waals surface area contributed by atoms with E-state index in [0.29, 0.717) is 6.04 Å². The Morgan fingerprint density at radius 2 is 2.08 bits per heavy atom. The summed E-state index contributed by atoms with van der Waals surface area (Å²) in [6.45, 7) is 2.03. The van der Waals surface area contributed by atoms with Gasteiger partial charge in [-0.1, -0.05) is 19.3 Å². The van der Waals surface area contributed by atoms with Crippen LogP contribution in [0.25, 0.3) is 0 Å². The molecule has 3 heteroatoms. The molecule has 0 radical (unpaired) electrons. The molecule has 1 aromatic heterocycles. The van der Waals surface area contributed by atoms with Crippen LogP contribution in [0.5, 0.6) is 0 Å². The minimum Gasteiger partial charge on any atom is -0.247 e. The summed E-state index contributed by atoms with van der Waals surface area (Å²) in [6.07, 6.45) is 8.32. The molecule has 0 saturated heterocycles. The molecule has 1 heterocycles. The van der Waals surface area contributed by atoms with Crippen LogP contribution in [-0.4, -0.2) is 14.8 Å². The van der Waals surface area contributed by atoms with Gasteiger partial charge >= 0.3 is 0 Å². The Labute approximate surface area is 72.8 Å². The Morgan fingerprint density at radius 1 is 1.33 bits per heavy atom. The quantitative estimate of drug-likeness (QED) is 0.638. The van der Waals surface area contributed by atoms with Gasteiger partial charge in [-0.3, -0.25) is 0 Å². The van der Waals surface area contributed by atoms with E-state index in [0.717, 1.165) is 5.82 Å². The van der Waals surface area contributed by atoms with Crippen LogP contribution >= 0.6 is 0 Å². The molecule has 1 saturated carbocycles. The summed E-state index contributed by atoms with van der Waals surface area (Å²) in [5, 5.41) is 4.24. The normalized spacial score (nSPS) is 19.8. The zero-order valence-electron chi connectivity index (χ0n) is 7.53. The number of aryl methyl sites for hydroxylation is 1. The van der Waals surface area contributed by atoms with Crippen LogP contribution in [-0.2, 0) is 0 Å². The number of hydrogen-bond acceptors (Lipinski definition) is 2. The molecule has 0 N–H and O–H groups in total. The molecule has 0 aromatic carbocycles. The van der Waals surface area contributed by atoms with Crippen LogP contribution in [0, 0.1) is 6.92 Å². The van der Waals surface area contributed by atoms with E-state index in [1.165, 1.54) is 32.1 Å². The molecule has 0 spiro atoms. The minimum absolute atomic E-state index is 0.626. The summed E-state index contributed by atoms with van der Waals surface area (Å²) in [5.74, 6) is 1.06. The fraction of sp³-hybridized carbons (Fsp3) is 0.778. The summed E-state index contributed by atoms with van der Waals surface area (Å²) in [5.41, 5.74) is 0. The molecular formula is C9H15N3. The molecule has 2 rings (SSSR count). The highest BCUT2D eigenvalue weighted by molar-refractivity contribution is 4.84. The summed E-state index contributed by atoms with van der Waals surface area (Å²) >= 11 is 0. The number of nitrogens with zero attached hydrogens (tertiary/aromatic N) is 3. The van der Waals surface area contributed by atoms with Crippen molar-refractivity contribution in [2.45, 2.75) is 45.1 Å². The second-order valence-corrected chi connectivity index (χ2v) is 3.54. The summed E-state index contributed by atoms with van der Waals surface area (Å²) in [4.78, 5) is 4.14. The fourth-order valence-corrected chi connectivity index (χ4v) is 1.99. The van der Waals surface area contributed by atoms with Gasteiger partial charge < -0.3 is 0 Å². The molecule has 3 nitrogen and oxygen atoms in total. The monoisotopic (exact) mass is 165 g/mol. The molecule has 1 aromatic rings. The van der Waals surface area contributed by atoms with Crippen LogP contribution in [0.2, 0.25) is 0 Å². The van der Waals surface area contributed by atoms with Crippen LogP contribution in [0.1, 0.15) is 44.0 Å². The van der Waals surface area contributed by atoms with Crippen LogP contribution in [0.15, 0.2) is 6.33 Å². The van der Waals surface area contributed by atoms with Crippen molar-refractivity contribution in [2.75, 3.05) is 0 Å². The third-order valence-corrected chi connectivity index (χ3v) is 2.67. The average molecular weight is 165 g/mol. The van der Waals surface area contributed by atoms with Gasteiger partial charge in [0.25, 0.3) is 0 Å². The molecule has 1 aliphatic rings. The van der Waals surface area contributed by atoms with E-state index < -0.39 is 0 Å². The summed E-state index contributed by atoms with van der Waals surface area (Å²) in [7, 11) is 0. The maximum absolute atomic E-state index is 4.24. The fourth-order valence-electron chi connectivity index (χ4n) is 1.99. The highest BCUT2D eigenvalue weighted by Crippen LogP contribution is 2.27. The predicted molar refractivity (Wildman–Crippen MR) is 46.9 cm³/mol. The lowest BCUT2D eigenvalue weighted by Gasteiger charge is -2.22. The lowest BCUT2D eigenvalue weighted by molar-refractivity contribution is 0.324. The predicted octanol–water partition coefficient (Wildman–Crippen LogP) is 2.09. The standard InChI is InChI=1S/C9H15N3/c1-8-10-7-11-12(8)9-5-3-2-4-6-9/h7,9H,2-6H2,1H3. The molecule has 0 amide bonds. The van der Waals surface area contributed by atoms with Gasteiger partial charge in [-0.25, -0.2) is 9.67 Å². The van der Waals surface area contributed by atoms with Gasteiger partial charge in [0.2, 0.25) is 0 Å². The maximum atomic E-state index is 4.24. The van der Waals surface area contributed by atoms with E-state index >= 15 is 0 Å². The third-order valence-electron chi connectivity index (χ3n) is 2.67. The average Bonchev–Trinajstić information content (AvgIpc) is 2.53. The Balaban J connectivity index is 2.13. The molecule has 12 heavy (non-hydrogen) atoms. The second kappa shape index (κ2) is 3.25. The van der Waals surface area contributed by atoms with Crippen molar-refractivity contribution < 1.29 is 0 Å². The highest BCUT2D eigenvalue weighted by Gasteiger charge is 2.16. The summed E-state index contributed by atoms with van der Waals surface area (Å²) in [6, 6.07) is 0.626. The van der Waals surface area contributed by atoms with Gasteiger partial charge in [0.05, 0.1) is 6.04 Å². The molecular weight excluding hydrogens is 150 g/mol. The third kappa shape index (κ3) is 1.36. The van der Waals surface area contributed by atoms with Gasteiger partial charge in [-0.15, -0.1) is 0 Å². The largest absolute Gasteiger partial charge is 0.247 e. The van der Waals surface area contributed by atoms with Crippen molar-refractivity contribution in [1.29, 1.82) is 0 Å². The smallest absolute Gasteiger partial charge is 0.138 e. The molecule has 0 aliphatic heterocycles. The zero-order valence-corrected chi connectivity index (χ0v) is 7.53. The molecule has 1 fully saturated rings. The molecule has 0 atom stereocenters. The first-order valence-corrected chi connectivity index (χ1v) is 4.74. The van der Waals surface area contributed by atoms with Gasteiger partial charge in [-0.2, -0.15) is 5.10 Å². The topological polar surface area (TPSA) is 30.7 Å².